The molecule has 1 rings (SSSR count). The second kappa shape index (κ2) is 20.8. The zero-order chi connectivity index (χ0) is 22.0. The van der Waals surface area contributed by atoms with Gasteiger partial charge in [0.1, 0.15) is 0 Å². The maximum atomic E-state index is 9.53. The van der Waals surface area contributed by atoms with E-state index in [4.69, 9.17) is 0 Å². The summed E-state index contributed by atoms with van der Waals surface area (Å²) in [5, 5.41) is 19.1. The van der Waals surface area contributed by atoms with E-state index in [1.165, 1.54) is 38.5 Å². The first-order chi connectivity index (χ1) is 12.5. The molecule has 0 aliphatic heterocycles. The van der Waals surface area contributed by atoms with Crippen LogP contribution in [0.5, 0.6) is 0 Å². The van der Waals surface area contributed by atoms with Crippen molar-refractivity contribution >= 4 is 15.2 Å². The van der Waals surface area contributed by atoms with Gasteiger partial charge in [0.2, 0.25) is 0 Å². The molecule has 0 aromatic carbocycles. The average Bonchev–Trinajstić information content (AvgIpc) is 2.59. The Morgan fingerprint density at radius 3 is 1.52 bits per heavy atom. The van der Waals surface area contributed by atoms with Gasteiger partial charge in [-0.3, -0.25) is 0 Å². The molecule has 0 spiro atoms. The predicted molar refractivity (Wildman–Crippen MR) is 122 cm³/mol. The van der Waals surface area contributed by atoms with Gasteiger partial charge in [-0.15, -0.1) is 20.8 Å². The Morgan fingerprint density at radius 1 is 0.926 bits per heavy atom. The second-order valence-electron chi connectivity index (χ2n) is 8.28. The van der Waals surface area contributed by atoms with E-state index in [0.29, 0.717) is 5.41 Å². The first-order valence-corrected chi connectivity index (χ1v) is 16.2. The van der Waals surface area contributed by atoms with Gasteiger partial charge in [0, 0.05) is 0 Å². The van der Waals surface area contributed by atoms with Crippen LogP contribution >= 0.6 is 15.2 Å². The fraction of sp³-hybridized carbons (Fsp3) is 1.00. The Morgan fingerprint density at radius 2 is 1.26 bits per heavy atom. The zero-order valence-electron chi connectivity index (χ0n) is 19.9. The first-order valence-electron chi connectivity index (χ1n) is 10.8. The van der Waals surface area contributed by atoms with E-state index in [-0.39, 0.29) is 0 Å². The van der Waals surface area contributed by atoms with Crippen LogP contribution in [0.2, 0.25) is 0 Å². The molecule has 163 valence electrons. The Balaban J connectivity index is -0.000000432. The van der Waals surface area contributed by atoms with Crippen molar-refractivity contribution < 1.29 is 30.1 Å². The van der Waals surface area contributed by atoms with Gasteiger partial charge >= 0.3 is 33.2 Å². The topological polar surface area (TPSA) is 46.1 Å². The number of hydrogen-bond donors (Lipinski definition) is 0. The van der Waals surface area contributed by atoms with E-state index >= 15 is 0 Å². The summed E-state index contributed by atoms with van der Waals surface area (Å²) in [6.45, 7) is 21.9. The van der Waals surface area contributed by atoms with Gasteiger partial charge in [-0.1, -0.05) is 74.7 Å². The monoisotopic (exact) mass is 455 g/mol. The minimum atomic E-state index is -0.417. The summed E-state index contributed by atoms with van der Waals surface area (Å²) < 4.78 is 0. The number of hydrogen-bond acceptors (Lipinski definition) is 2. The minimum absolute atomic E-state index is 0.417. The molecule has 5 atom stereocenters. The molecule has 0 aromatic rings. The molecule has 5 unspecified atom stereocenters. The van der Waals surface area contributed by atoms with E-state index in [9.17, 15) is 10.2 Å². The van der Waals surface area contributed by atoms with Crippen LogP contribution in [-0.4, -0.2) is 31.2 Å². The third kappa shape index (κ3) is 18.0. The quantitative estimate of drug-likeness (QED) is 0.401. The normalized spacial score (nSPS) is 24.8. The average molecular weight is 455 g/mol. The molecular formula is C22H49O2P2Ti. The van der Waals surface area contributed by atoms with Crippen LogP contribution in [0.4, 0.5) is 0 Å². The SMILES string of the molecule is CC(C)[O-].CC(C)[O-].CCC(C)C1(C(C)CC)CCCC(PC)C1.C[PH][Ti+2]. The van der Waals surface area contributed by atoms with E-state index in [2.05, 4.69) is 60.9 Å². The molecule has 1 fully saturated rings. The number of rotatable bonds is 5. The van der Waals surface area contributed by atoms with Crippen LogP contribution in [0.1, 0.15) is 93.9 Å². The van der Waals surface area contributed by atoms with Gasteiger partial charge in [0.05, 0.1) is 0 Å². The van der Waals surface area contributed by atoms with Crippen molar-refractivity contribution in [2.45, 2.75) is 112 Å². The van der Waals surface area contributed by atoms with E-state index in [0.717, 1.165) is 32.6 Å². The van der Waals surface area contributed by atoms with E-state index < -0.39 is 12.2 Å². The van der Waals surface area contributed by atoms with Crippen LogP contribution < -0.4 is 10.2 Å². The molecule has 27 heavy (non-hydrogen) atoms. The van der Waals surface area contributed by atoms with Crippen molar-refractivity contribution in [2.24, 2.45) is 17.3 Å². The van der Waals surface area contributed by atoms with Gasteiger partial charge < -0.3 is 10.2 Å². The molecule has 2 nitrogen and oxygen atoms in total. The second-order valence-corrected chi connectivity index (χ2v) is 12.5. The van der Waals surface area contributed by atoms with Gasteiger partial charge in [-0.2, -0.15) is 0 Å². The Hall–Kier alpha value is 1.49. The van der Waals surface area contributed by atoms with Crippen LogP contribution in [0.25, 0.3) is 0 Å². The summed E-state index contributed by atoms with van der Waals surface area (Å²) in [7, 11) is 1.16. The standard InChI is InChI=1S/C15H31P.2C3H7O.CH4P.Ti/c1-6-12(3)15(13(4)7-2)10-8-9-14(11-15)16-5;2*1-3(2)4;1-2;/h12-14,16H,6-11H2,1-5H3;2*3H,1-2H3;2H,1H3;/q;3*-1;+3. The molecule has 1 aliphatic carbocycles. The summed E-state index contributed by atoms with van der Waals surface area (Å²) in [4.78, 5) is 0. The van der Waals surface area contributed by atoms with E-state index in [1.807, 2.05) is 0 Å². The molecule has 5 heteroatoms. The first kappa shape index (κ1) is 33.1. The summed E-state index contributed by atoms with van der Waals surface area (Å²) in [6, 6.07) is 0. The third-order valence-electron chi connectivity index (χ3n) is 5.42. The van der Waals surface area contributed by atoms with Crippen molar-refractivity contribution in [1.82, 2.24) is 0 Å². The molecule has 0 radical (unpaired) electrons. The van der Waals surface area contributed by atoms with Gasteiger partial charge in [-0.25, -0.2) is 0 Å². The summed E-state index contributed by atoms with van der Waals surface area (Å²) in [5.74, 6) is 1.84. The van der Waals surface area contributed by atoms with Crippen molar-refractivity contribution in [2.75, 3.05) is 13.3 Å². The van der Waals surface area contributed by atoms with Crippen molar-refractivity contribution in [3.63, 3.8) is 0 Å². The molecule has 1 saturated carbocycles. The fourth-order valence-electron chi connectivity index (χ4n) is 3.78. The van der Waals surface area contributed by atoms with Crippen LogP contribution in [0.3, 0.4) is 0 Å². The molecule has 0 N–H and O–H groups in total. The third-order valence-corrected chi connectivity index (χ3v) is 6.73. The van der Waals surface area contributed by atoms with E-state index in [1.54, 1.807) is 27.7 Å². The maximum absolute atomic E-state index is 9.53. The molecule has 0 aromatic heterocycles. The molecule has 0 amide bonds. The molecule has 0 saturated heterocycles. The van der Waals surface area contributed by atoms with Crippen LogP contribution in [0, 0.1) is 17.3 Å². The summed E-state index contributed by atoms with van der Waals surface area (Å²) in [6.07, 6.45) is 7.90. The molecule has 0 heterocycles. The van der Waals surface area contributed by atoms with Gasteiger partial charge in [-0.05, 0) is 48.8 Å². The Bertz CT molecular complexity index is 281. The van der Waals surface area contributed by atoms with Gasteiger partial charge in [0.15, 0.2) is 0 Å². The van der Waals surface area contributed by atoms with Crippen LogP contribution in [0.15, 0.2) is 0 Å². The van der Waals surface area contributed by atoms with Crippen molar-refractivity contribution in [3.05, 3.63) is 0 Å². The Kier molecular flexibility index (Phi) is 25.5. The zero-order valence-corrected chi connectivity index (χ0v) is 23.5. The molecular weight excluding hydrogens is 406 g/mol. The van der Waals surface area contributed by atoms with Crippen LogP contribution in [-0.2, 0) is 19.9 Å². The van der Waals surface area contributed by atoms with Gasteiger partial charge in [0.25, 0.3) is 0 Å². The summed E-state index contributed by atoms with van der Waals surface area (Å²) in [5.41, 5.74) is 1.71. The predicted octanol–water partition coefficient (Wildman–Crippen LogP) is 5.58. The Labute approximate surface area is 187 Å². The van der Waals surface area contributed by atoms with Crippen molar-refractivity contribution in [1.29, 1.82) is 0 Å². The summed E-state index contributed by atoms with van der Waals surface area (Å²) >= 11 is 2.15. The molecule has 0 bridgehead atoms. The van der Waals surface area contributed by atoms with Crippen molar-refractivity contribution in [3.8, 4) is 0 Å². The fourth-order valence-corrected chi connectivity index (χ4v) is 4.86. The molecule has 1 aliphatic rings.